The number of rotatable bonds is 0. The van der Waals surface area contributed by atoms with Crippen molar-refractivity contribution in [3.8, 4) is 0 Å². The average Bonchev–Trinajstić information content (AvgIpc) is 2.59. The van der Waals surface area contributed by atoms with Crippen molar-refractivity contribution in [3.05, 3.63) is 57.6 Å². The standard InChI is InChI=1S/C21H22.2CH3.Sn/c1-3-7-20-14-16(9-11-18(20)5-1)13-17-10-12-19-6-2-4-8-21(19)15-17;;;/h11-12,14-15H,1-8,13H2;2*1H3;. The molecule has 1 heteroatoms. The Labute approximate surface area is 150 Å². The predicted molar refractivity (Wildman–Crippen MR) is 106 cm³/mol. The minimum atomic E-state index is -2.42. The van der Waals surface area contributed by atoms with Gasteiger partial charge in [0, 0.05) is 0 Å². The van der Waals surface area contributed by atoms with Crippen molar-refractivity contribution < 1.29 is 0 Å². The summed E-state index contributed by atoms with van der Waals surface area (Å²) in [5.74, 6) is 0. The molecular formula is C23H28Sn. The van der Waals surface area contributed by atoms with E-state index in [1.54, 1.807) is 33.4 Å². The average molecular weight is 423 g/mol. The summed E-state index contributed by atoms with van der Waals surface area (Å²) in [6.07, 6.45) is 12.0. The van der Waals surface area contributed by atoms with Crippen LogP contribution in [0.4, 0.5) is 0 Å². The topological polar surface area (TPSA) is 0 Å². The van der Waals surface area contributed by atoms with Gasteiger partial charge in [-0.1, -0.05) is 0 Å². The van der Waals surface area contributed by atoms with Gasteiger partial charge in [0.15, 0.2) is 0 Å². The summed E-state index contributed by atoms with van der Waals surface area (Å²) < 4.78 is 3.63. The second-order valence-electron chi connectivity index (χ2n) is 8.77. The van der Waals surface area contributed by atoms with E-state index in [1.165, 1.54) is 57.8 Å². The van der Waals surface area contributed by atoms with Crippen molar-refractivity contribution in [2.75, 3.05) is 0 Å². The van der Waals surface area contributed by atoms with Crippen LogP contribution in [0.2, 0.25) is 9.88 Å². The van der Waals surface area contributed by atoms with Gasteiger partial charge >= 0.3 is 151 Å². The fourth-order valence-corrected chi connectivity index (χ4v) is 14.9. The van der Waals surface area contributed by atoms with Crippen molar-refractivity contribution in [1.29, 1.82) is 0 Å². The van der Waals surface area contributed by atoms with Gasteiger partial charge in [0.2, 0.25) is 0 Å². The third-order valence-electron chi connectivity index (χ3n) is 6.86. The summed E-state index contributed by atoms with van der Waals surface area (Å²) in [6, 6.07) is 10.6. The van der Waals surface area contributed by atoms with Crippen LogP contribution in [0, 0.1) is 0 Å². The van der Waals surface area contributed by atoms with Crippen LogP contribution in [0.15, 0.2) is 24.3 Å². The van der Waals surface area contributed by atoms with Gasteiger partial charge < -0.3 is 0 Å². The molecule has 24 heavy (non-hydrogen) atoms. The molecule has 2 aromatic carbocycles. The van der Waals surface area contributed by atoms with Crippen LogP contribution in [0.1, 0.15) is 59.1 Å². The summed E-state index contributed by atoms with van der Waals surface area (Å²) in [7, 11) is 0. The molecule has 0 unspecified atom stereocenters. The zero-order chi connectivity index (χ0) is 16.3. The fraction of sp³-hybridized carbons (Fsp3) is 0.478. The molecule has 3 aliphatic rings. The van der Waals surface area contributed by atoms with E-state index in [9.17, 15) is 0 Å². The molecule has 1 heterocycles. The zero-order valence-corrected chi connectivity index (χ0v) is 18.0. The van der Waals surface area contributed by atoms with E-state index in [-0.39, 0.29) is 0 Å². The molecular weight excluding hydrogens is 395 g/mol. The minimum absolute atomic E-state index is 1.20. The van der Waals surface area contributed by atoms with E-state index < -0.39 is 18.4 Å². The second-order valence-corrected chi connectivity index (χ2v) is 21.1. The fourth-order valence-electron chi connectivity index (χ4n) is 5.48. The summed E-state index contributed by atoms with van der Waals surface area (Å²) in [5.41, 5.74) is 10.1. The first-order valence-corrected chi connectivity index (χ1v) is 18.5. The first-order valence-electron chi connectivity index (χ1n) is 9.93. The molecule has 124 valence electrons. The molecule has 0 saturated carbocycles. The second kappa shape index (κ2) is 5.62. The van der Waals surface area contributed by atoms with Crippen LogP contribution in [-0.4, -0.2) is 18.4 Å². The summed E-state index contributed by atoms with van der Waals surface area (Å²) in [5, 5.41) is 0. The monoisotopic (exact) mass is 424 g/mol. The van der Waals surface area contributed by atoms with Gasteiger partial charge in [0.25, 0.3) is 0 Å². The molecule has 0 amide bonds. The van der Waals surface area contributed by atoms with Crippen molar-refractivity contribution in [2.24, 2.45) is 0 Å². The molecule has 0 aromatic heterocycles. The van der Waals surface area contributed by atoms with Gasteiger partial charge in [-0.15, -0.1) is 0 Å². The van der Waals surface area contributed by atoms with E-state index >= 15 is 0 Å². The molecule has 0 fully saturated rings. The Kier molecular flexibility index (Phi) is 3.63. The van der Waals surface area contributed by atoms with E-state index in [1.807, 2.05) is 7.16 Å². The van der Waals surface area contributed by atoms with E-state index in [0.29, 0.717) is 0 Å². The Morgan fingerprint density at radius 2 is 0.917 bits per heavy atom. The van der Waals surface area contributed by atoms with Gasteiger partial charge in [-0.05, 0) is 0 Å². The van der Waals surface area contributed by atoms with Crippen LogP contribution in [0.5, 0.6) is 0 Å². The molecule has 2 aromatic rings. The molecule has 2 aliphatic carbocycles. The van der Waals surface area contributed by atoms with Crippen LogP contribution < -0.4 is 7.16 Å². The summed E-state index contributed by atoms with van der Waals surface area (Å²) in [4.78, 5) is 5.33. The maximum atomic E-state index is 2.67. The Morgan fingerprint density at radius 1 is 0.542 bits per heavy atom. The van der Waals surface area contributed by atoms with Crippen molar-refractivity contribution in [2.45, 2.75) is 67.7 Å². The Bertz CT molecular complexity index is 761. The number of fused-ring (bicyclic) bond motifs is 4. The molecule has 0 saturated heterocycles. The maximum absolute atomic E-state index is 2.67. The van der Waals surface area contributed by atoms with Gasteiger partial charge in [0.05, 0.1) is 0 Å². The number of aryl methyl sites for hydroxylation is 4. The van der Waals surface area contributed by atoms with Gasteiger partial charge in [-0.25, -0.2) is 0 Å². The van der Waals surface area contributed by atoms with Crippen LogP contribution in [-0.2, 0) is 32.1 Å². The molecule has 0 N–H and O–H groups in total. The first-order chi connectivity index (χ1) is 11.6. The van der Waals surface area contributed by atoms with E-state index in [2.05, 4.69) is 34.1 Å². The Morgan fingerprint density at radius 3 is 1.33 bits per heavy atom. The molecule has 5 rings (SSSR count). The molecule has 0 radical (unpaired) electrons. The summed E-state index contributed by atoms with van der Waals surface area (Å²) in [6.45, 7) is 0. The quantitative estimate of drug-likeness (QED) is 0.559. The van der Waals surface area contributed by atoms with Gasteiger partial charge in [-0.2, -0.15) is 0 Å². The first kappa shape index (κ1) is 15.5. The summed E-state index contributed by atoms with van der Waals surface area (Å²) >= 11 is -2.42. The molecule has 0 spiro atoms. The third kappa shape index (κ3) is 2.32. The molecule has 1 aliphatic heterocycles. The van der Waals surface area contributed by atoms with Crippen LogP contribution >= 0.6 is 0 Å². The molecule has 0 nitrogen and oxygen atoms in total. The van der Waals surface area contributed by atoms with Crippen molar-refractivity contribution >= 4 is 25.5 Å². The normalized spacial score (nSPS) is 20.6. The third-order valence-corrected chi connectivity index (χ3v) is 17.2. The SMILES string of the molecule is [CH3][Sn]1([CH3])[c]2cc3c(cc2Cc2cc4c(c[c]21)CCCC4)CCCC3. The van der Waals surface area contributed by atoms with E-state index in [4.69, 9.17) is 0 Å². The number of hydrogen-bond donors (Lipinski definition) is 0. The van der Waals surface area contributed by atoms with Gasteiger partial charge in [-0.3, -0.25) is 0 Å². The van der Waals surface area contributed by atoms with E-state index in [0.717, 1.165) is 0 Å². The number of hydrogen-bond acceptors (Lipinski definition) is 0. The van der Waals surface area contributed by atoms with Crippen molar-refractivity contribution in [3.63, 3.8) is 0 Å². The predicted octanol–water partition coefficient (Wildman–Crippen LogP) is 4.17. The van der Waals surface area contributed by atoms with Crippen molar-refractivity contribution in [1.82, 2.24) is 0 Å². The zero-order valence-electron chi connectivity index (χ0n) is 15.2. The van der Waals surface area contributed by atoms with Crippen LogP contribution in [0.3, 0.4) is 0 Å². The van der Waals surface area contributed by atoms with Crippen LogP contribution in [0.25, 0.3) is 0 Å². The Hall–Kier alpha value is -0.761. The molecule has 0 atom stereocenters. The number of benzene rings is 2. The Balaban J connectivity index is 1.68. The molecule has 0 bridgehead atoms. The van der Waals surface area contributed by atoms with Gasteiger partial charge in [0.1, 0.15) is 0 Å².